The van der Waals surface area contributed by atoms with Crippen molar-refractivity contribution in [2.75, 3.05) is 17.2 Å². The van der Waals surface area contributed by atoms with Crippen LogP contribution >= 0.6 is 0 Å². The van der Waals surface area contributed by atoms with Gasteiger partial charge in [-0.2, -0.15) is 0 Å². The summed E-state index contributed by atoms with van der Waals surface area (Å²) in [7, 11) is 0. The Hall–Kier alpha value is -3.35. The van der Waals surface area contributed by atoms with Crippen LogP contribution in [0, 0.1) is 0 Å². The van der Waals surface area contributed by atoms with Crippen LogP contribution in [0.5, 0.6) is 5.75 Å². The summed E-state index contributed by atoms with van der Waals surface area (Å²) in [4.78, 5) is 16.1. The second kappa shape index (κ2) is 9.23. The van der Waals surface area contributed by atoms with Gasteiger partial charge in [-0.15, -0.1) is 0 Å². The molecule has 0 fully saturated rings. The minimum Gasteiger partial charge on any atom is -0.494 e. The SMILES string of the molecule is CC(C)(C)c1cc(NC(=O)Nc2ccc(OCCCc3ccncc3)cc2)no1.[HH].[HH]. The standard InChI is InChI=1S/C22H26N4O3.2H2/c1-22(2,3)19-15-20(26-29-19)25-21(27)24-17-6-8-18(9-7-17)28-14-4-5-16-10-12-23-13-11-16;;/h6-13,15H,4-5,14H2,1-3H3,(H2,24,25,26,27);2*1H. The molecule has 2 heterocycles. The molecule has 0 aliphatic rings. The molecule has 0 bridgehead atoms. The number of nitrogens with one attached hydrogen (secondary N) is 2. The predicted molar refractivity (Wildman–Crippen MR) is 117 cm³/mol. The molecular formula is C22H30N4O3. The quantitative estimate of drug-likeness (QED) is 0.512. The number of aromatic nitrogens is 2. The van der Waals surface area contributed by atoms with Crippen LogP contribution in [-0.4, -0.2) is 22.8 Å². The van der Waals surface area contributed by atoms with Crippen LogP contribution in [0.15, 0.2) is 59.4 Å². The average Bonchev–Trinajstić information content (AvgIpc) is 3.16. The molecule has 7 heteroatoms. The maximum Gasteiger partial charge on any atom is 0.324 e. The summed E-state index contributed by atoms with van der Waals surface area (Å²) in [5, 5.41) is 9.30. The smallest absolute Gasteiger partial charge is 0.324 e. The van der Waals surface area contributed by atoms with E-state index < -0.39 is 0 Å². The first-order valence-electron chi connectivity index (χ1n) is 9.57. The first kappa shape index (κ1) is 20.4. The number of carbonyl (C=O) groups excluding carboxylic acids is 1. The second-order valence-electron chi connectivity index (χ2n) is 7.74. The summed E-state index contributed by atoms with van der Waals surface area (Å²) in [5.74, 6) is 1.84. The van der Waals surface area contributed by atoms with Crippen molar-refractivity contribution >= 4 is 17.5 Å². The van der Waals surface area contributed by atoms with Crippen LogP contribution in [0.3, 0.4) is 0 Å². The maximum atomic E-state index is 12.1. The van der Waals surface area contributed by atoms with Crippen LogP contribution in [0.1, 0.15) is 41.4 Å². The van der Waals surface area contributed by atoms with Gasteiger partial charge in [0.15, 0.2) is 5.82 Å². The summed E-state index contributed by atoms with van der Waals surface area (Å²) >= 11 is 0. The molecular weight excluding hydrogens is 368 g/mol. The molecule has 2 N–H and O–H groups in total. The van der Waals surface area contributed by atoms with Crippen LogP contribution in [0.2, 0.25) is 0 Å². The molecule has 0 unspecified atom stereocenters. The van der Waals surface area contributed by atoms with E-state index in [0.717, 1.165) is 18.6 Å². The molecule has 3 rings (SSSR count). The molecule has 0 aliphatic heterocycles. The Morgan fingerprint density at radius 2 is 1.83 bits per heavy atom. The van der Waals surface area contributed by atoms with Crippen LogP contribution in [-0.2, 0) is 11.8 Å². The number of ether oxygens (including phenoxy) is 1. The number of amides is 2. The van der Waals surface area contributed by atoms with Gasteiger partial charge in [-0.05, 0) is 54.8 Å². The number of rotatable bonds is 7. The molecule has 2 amide bonds. The van der Waals surface area contributed by atoms with E-state index >= 15 is 0 Å². The Balaban J connectivity index is 0.00000240. The number of aryl methyl sites for hydroxylation is 1. The number of urea groups is 1. The van der Waals surface area contributed by atoms with Crippen LogP contribution < -0.4 is 15.4 Å². The third kappa shape index (κ3) is 6.34. The van der Waals surface area contributed by atoms with Crippen molar-refractivity contribution in [3.05, 3.63) is 66.2 Å². The Morgan fingerprint density at radius 3 is 2.48 bits per heavy atom. The van der Waals surface area contributed by atoms with Crippen molar-refractivity contribution in [3.63, 3.8) is 0 Å². The summed E-state index contributed by atoms with van der Waals surface area (Å²) in [6.45, 7) is 6.66. The highest BCUT2D eigenvalue weighted by molar-refractivity contribution is 5.99. The maximum absolute atomic E-state index is 12.1. The van der Waals surface area contributed by atoms with E-state index in [1.54, 1.807) is 30.6 Å². The fourth-order valence-corrected chi connectivity index (χ4v) is 2.62. The van der Waals surface area contributed by atoms with Crippen molar-refractivity contribution in [2.45, 2.75) is 39.0 Å². The first-order chi connectivity index (χ1) is 13.9. The number of nitrogens with zero attached hydrogens (tertiary/aromatic N) is 2. The van der Waals surface area contributed by atoms with Gasteiger partial charge in [-0.3, -0.25) is 10.3 Å². The van der Waals surface area contributed by atoms with Gasteiger partial charge >= 0.3 is 6.03 Å². The minimum absolute atomic E-state index is 0. The highest BCUT2D eigenvalue weighted by Gasteiger charge is 2.20. The predicted octanol–water partition coefficient (Wildman–Crippen LogP) is 5.51. The average molecular weight is 399 g/mol. The summed E-state index contributed by atoms with van der Waals surface area (Å²) in [6, 6.07) is 12.6. The fraction of sp³-hybridized carbons (Fsp3) is 0.318. The van der Waals surface area contributed by atoms with E-state index in [1.165, 1.54) is 5.56 Å². The van der Waals surface area contributed by atoms with E-state index in [9.17, 15) is 4.79 Å². The van der Waals surface area contributed by atoms with Gasteiger partial charge in [0, 0.05) is 32.4 Å². The lowest BCUT2D eigenvalue weighted by molar-refractivity contribution is 0.262. The number of pyridine rings is 1. The van der Waals surface area contributed by atoms with E-state index in [-0.39, 0.29) is 14.3 Å². The molecule has 0 radical (unpaired) electrons. The number of carbonyl (C=O) groups is 1. The summed E-state index contributed by atoms with van der Waals surface area (Å²) < 4.78 is 11.0. The molecule has 0 saturated heterocycles. The normalized spacial score (nSPS) is 11.1. The largest absolute Gasteiger partial charge is 0.494 e. The van der Waals surface area contributed by atoms with Crippen LogP contribution in [0.4, 0.5) is 16.3 Å². The molecule has 3 aromatic rings. The Morgan fingerprint density at radius 1 is 1.10 bits per heavy atom. The molecule has 0 spiro atoms. The lowest BCUT2D eigenvalue weighted by Gasteiger charge is -2.12. The van der Waals surface area contributed by atoms with E-state index in [1.807, 2.05) is 45.0 Å². The molecule has 7 nitrogen and oxygen atoms in total. The van der Waals surface area contributed by atoms with Gasteiger partial charge in [0.05, 0.1) is 6.61 Å². The van der Waals surface area contributed by atoms with E-state index in [0.29, 0.717) is 23.9 Å². The lowest BCUT2D eigenvalue weighted by atomic mass is 9.93. The first-order valence-corrected chi connectivity index (χ1v) is 9.57. The molecule has 156 valence electrons. The second-order valence-corrected chi connectivity index (χ2v) is 7.74. The van der Waals surface area contributed by atoms with Crippen molar-refractivity contribution < 1.29 is 16.9 Å². The Bertz CT molecular complexity index is 926. The van der Waals surface area contributed by atoms with E-state index in [4.69, 9.17) is 9.26 Å². The summed E-state index contributed by atoms with van der Waals surface area (Å²) in [5.41, 5.74) is 1.74. The van der Waals surface area contributed by atoms with Gasteiger partial charge in [0.1, 0.15) is 11.5 Å². The Kier molecular flexibility index (Phi) is 6.49. The van der Waals surface area contributed by atoms with Gasteiger partial charge in [-0.1, -0.05) is 25.9 Å². The number of anilines is 2. The topological polar surface area (TPSA) is 89.3 Å². The van der Waals surface area contributed by atoms with E-state index in [2.05, 4.69) is 20.8 Å². The molecule has 0 atom stereocenters. The highest BCUT2D eigenvalue weighted by atomic mass is 16.5. The third-order valence-corrected chi connectivity index (χ3v) is 4.23. The van der Waals surface area contributed by atoms with Gasteiger partial charge < -0.3 is 14.6 Å². The molecule has 0 saturated carbocycles. The minimum atomic E-state index is -0.384. The lowest BCUT2D eigenvalue weighted by Crippen LogP contribution is -2.19. The zero-order valence-electron chi connectivity index (χ0n) is 16.9. The van der Waals surface area contributed by atoms with Crippen molar-refractivity contribution in [3.8, 4) is 5.75 Å². The zero-order valence-corrected chi connectivity index (χ0v) is 16.9. The van der Waals surface area contributed by atoms with Gasteiger partial charge in [0.25, 0.3) is 0 Å². The number of benzene rings is 1. The summed E-state index contributed by atoms with van der Waals surface area (Å²) in [6.07, 6.45) is 5.45. The van der Waals surface area contributed by atoms with Crippen molar-refractivity contribution in [1.82, 2.24) is 10.1 Å². The van der Waals surface area contributed by atoms with Crippen molar-refractivity contribution in [1.29, 1.82) is 0 Å². The Labute approximate surface area is 173 Å². The highest BCUT2D eigenvalue weighted by Crippen LogP contribution is 2.24. The van der Waals surface area contributed by atoms with Crippen LogP contribution in [0.25, 0.3) is 0 Å². The van der Waals surface area contributed by atoms with Gasteiger partial charge in [-0.25, -0.2) is 4.79 Å². The number of hydrogen-bond acceptors (Lipinski definition) is 5. The van der Waals surface area contributed by atoms with Gasteiger partial charge in [0.2, 0.25) is 0 Å². The monoisotopic (exact) mass is 398 g/mol. The third-order valence-electron chi connectivity index (χ3n) is 4.23. The number of hydrogen-bond donors (Lipinski definition) is 2. The fourth-order valence-electron chi connectivity index (χ4n) is 2.62. The van der Waals surface area contributed by atoms with Crippen molar-refractivity contribution in [2.24, 2.45) is 0 Å². The molecule has 29 heavy (non-hydrogen) atoms. The molecule has 1 aromatic carbocycles. The molecule has 2 aromatic heterocycles. The molecule has 0 aliphatic carbocycles. The zero-order chi connectivity index (χ0) is 20.7.